The number of hydrogen-bond donors (Lipinski definition) is 4. The minimum atomic E-state index is -1.14. The maximum absolute atomic E-state index is 12.4. The van der Waals surface area contributed by atoms with E-state index >= 15 is 0 Å². The van der Waals surface area contributed by atoms with Crippen LogP contribution in [-0.4, -0.2) is 68.1 Å². The van der Waals surface area contributed by atoms with Crippen LogP contribution in [-0.2, 0) is 9.59 Å². The number of nitrogens with two attached hydrogens (primary N) is 1. The Balaban J connectivity index is 1.55. The van der Waals surface area contributed by atoms with E-state index in [4.69, 9.17) is 11.1 Å². The van der Waals surface area contributed by atoms with Crippen molar-refractivity contribution in [1.29, 1.82) is 5.41 Å². The van der Waals surface area contributed by atoms with Gasteiger partial charge in [0.2, 0.25) is 5.91 Å². The Hall–Kier alpha value is -2.11. The lowest BCUT2D eigenvalue weighted by molar-refractivity contribution is -0.163. The lowest BCUT2D eigenvalue weighted by Crippen LogP contribution is -2.63. The average molecular weight is 438 g/mol. The van der Waals surface area contributed by atoms with Crippen LogP contribution < -0.4 is 5.73 Å². The molecule has 2 saturated heterocycles. The Morgan fingerprint density at radius 3 is 2.83 bits per heavy atom. The first-order chi connectivity index (χ1) is 13.7. The van der Waals surface area contributed by atoms with Gasteiger partial charge in [-0.15, -0.1) is 11.3 Å². The lowest BCUT2D eigenvalue weighted by Gasteiger charge is -2.46. The first-order valence-electron chi connectivity index (χ1n) is 9.41. The zero-order valence-corrected chi connectivity index (χ0v) is 17.7. The van der Waals surface area contributed by atoms with Gasteiger partial charge in [0.1, 0.15) is 5.70 Å². The first-order valence-corrected chi connectivity index (χ1v) is 11.1. The van der Waals surface area contributed by atoms with E-state index in [-0.39, 0.29) is 35.4 Å². The number of aliphatic hydroxyl groups is 1. The topological polar surface area (TPSA) is 144 Å². The normalized spacial score (nSPS) is 29.8. The predicted molar refractivity (Wildman–Crippen MR) is 108 cm³/mol. The molecular formula is C18H23N5O4S2. The summed E-state index contributed by atoms with van der Waals surface area (Å²) in [6.07, 6.45) is 0.0523. The van der Waals surface area contributed by atoms with Crippen LogP contribution in [0.1, 0.15) is 31.9 Å². The number of likely N-dealkylation sites (tertiary alicyclic amines) is 1. The van der Waals surface area contributed by atoms with Gasteiger partial charge in [-0.05, 0) is 13.3 Å². The molecule has 1 unspecified atom stereocenters. The quantitative estimate of drug-likeness (QED) is 0.304. The van der Waals surface area contributed by atoms with E-state index in [0.717, 1.165) is 23.0 Å². The molecule has 0 aliphatic carbocycles. The van der Waals surface area contributed by atoms with Gasteiger partial charge in [0.05, 0.1) is 23.8 Å². The standard InChI is InChI=1S/C18H23N5O4S2/c1-7-12-11(8(2)24)15(25)23(12)13(16(26)27)14(7)29-18-21-10(6-28-18)9-3-4-22(5-9)17(19)20/h6-9,11-12,24H,3-5H2,1-2H3,(H3,19,20)(H,26,27)/t7-,8-,9?,11-,12-/m1/s1. The summed E-state index contributed by atoms with van der Waals surface area (Å²) >= 11 is 2.74. The van der Waals surface area contributed by atoms with Gasteiger partial charge in [-0.2, -0.15) is 0 Å². The molecular weight excluding hydrogens is 414 g/mol. The number of carboxylic acids is 1. The number of fused-ring (bicyclic) bond motifs is 1. The molecule has 0 spiro atoms. The number of thioether (sulfide) groups is 1. The molecule has 1 amide bonds. The monoisotopic (exact) mass is 437 g/mol. The molecule has 1 aromatic rings. The number of carbonyl (C=O) groups excluding carboxylic acids is 1. The summed E-state index contributed by atoms with van der Waals surface area (Å²) in [6.45, 7) is 4.85. The maximum atomic E-state index is 12.4. The van der Waals surface area contributed by atoms with E-state index in [0.29, 0.717) is 11.4 Å². The molecule has 3 aliphatic rings. The second kappa shape index (κ2) is 7.29. The summed E-state index contributed by atoms with van der Waals surface area (Å²) in [6, 6.07) is -0.325. The van der Waals surface area contributed by atoms with Crippen molar-refractivity contribution in [3.05, 3.63) is 21.7 Å². The van der Waals surface area contributed by atoms with Crippen LogP contribution in [0.25, 0.3) is 0 Å². The molecule has 0 radical (unpaired) electrons. The van der Waals surface area contributed by atoms with Gasteiger partial charge in [0.15, 0.2) is 10.3 Å². The molecule has 5 atom stereocenters. The molecule has 2 fully saturated rings. The number of rotatable bonds is 5. The number of thiazole rings is 1. The van der Waals surface area contributed by atoms with E-state index in [1.807, 2.05) is 17.2 Å². The number of carbonyl (C=O) groups is 2. The fourth-order valence-electron chi connectivity index (χ4n) is 4.47. The molecule has 4 rings (SSSR count). The first kappa shape index (κ1) is 20.2. The molecule has 3 aliphatic heterocycles. The summed E-state index contributed by atoms with van der Waals surface area (Å²) in [4.78, 5) is 32.7. The Labute approximate surface area is 176 Å². The number of amides is 1. The van der Waals surface area contributed by atoms with Gasteiger partial charge in [-0.3, -0.25) is 10.2 Å². The zero-order valence-electron chi connectivity index (χ0n) is 16.0. The molecule has 11 heteroatoms. The van der Waals surface area contributed by atoms with Crippen molar-refractivity contribution >= 4 is 40.9 Å². The third-order valence-corrected chi connectivity index (χ3v) is 8.20. The van der Waals surface area contributed by atoms with E-state index < -0.39 is 18.0 Å². The van der Waals surface area contributed by atoms with Crippen molar-refractivity contribution in [3.8, 4) is 0 Å². The highest BCUT2D eigenvalue weighted by molar-refractivity contribution is 8.04. The van der Waals surface area contributed by atoms with Crippen LogP contribution >= 0.6 is 23.1 Å². The summed E-state index contributed by atoms with van der Waals surface area (Å²) in [5, 5.41) is 29.2. The van der Waals surface area contributed by atoms with Gasteiger partial charge >= 0.3 is 5.97 Å². The van der Waals surface area contributed by atoms with Gasteiger partial charge in [0, 0.05) is 35.2 Å². The Kier molecular flexibility index (Phi) is 5.07. The van der Waals surface area contributed by atoms with Crippen molar-refractivity contribution in [2.24, 2.45) is 17.6 Å². The third kappa shape index (κ3) is 3.21. The van der Waals surface area contributed by atoms with Gasteiger partial charge in [-0.25, -0.2) is 9.78 Å². The predicted octanol–water partition coefficient (Wildman–Crippen LogP) is 1.07. The number of nitrogens with zero attached hydrogens (tertiary/aromatic N) is 3. The second-order valence-electron chi connectivity index (χ2n) is 7.73. The van der Waals surface area contributed by atoms with Gasteiger partial charge < -0.3 is 25.7 Å². The van der Waals surface area contributed by atoms with Gasteiger partial charge in [-0.1, -0.05) is 18.7 Å². The minimum Gasteiger partial charge on any atom is -0.477 e. The summed E-state index contributed by atoms with van der Waals surface area (Å²) in [7, 11) is 0. The van der Waals surface area contributed by atoms with Crippen LogP contribution in [0.2, 0.25) is 0 Å². The summed E-state index contributed by atoms with van der Waals surface area (Å²) in [5.74, 6) is -1.96. The Morgan fingerprint density at radius 2 is 2.24 bits per heavy atom. The fourth-order valence-corrected chi connectivity index (χ4v) is 6.65. The Bertz CT molecular complexity index is 914. The molecule has 5 N–H and O–H groups in total. The second-order valence-corrected chi connectivity index (χ2v) is 9.88. The molecule has 4 heterocycles. The van der Waals surface area contributed by atoms with Crippen LogP contribution in [0.15, 0.2) is 20.3 Å². The summed E-state index contributed by atoms with van der Waals surface area (Å²) < 4.78 is 0.727. The zero-order chi connectivity index (χ0) is 21.0. The van der Waals surface area contributed by atoms with Crippen molar-refractivity contribution < 1.29 is 19.8 Å². The highest BCUT2D eigenvalue weighted by Crippen LogP contribution is 2.52. The number of guanidine groups is 1. The number of β-lactam (4-membered cyclic amide) rings is 1. The molecule has 0 bridgehead atoms. The van der Waals surface area contributed by atoms with Crippen LogP contribution in [0.3, 0.4) is 0 Å². The van der Waals surface area contributed by atoms with Crippen molar-refractivity contribution in [3.63, 3.8) is 0 Å². The number of aliphatic hydroxyl groups excluding tert-OH is 1. The highest BCUT2D eigenvalue weighted by atomic mass is 32.2. The smallest absolute Gasteiger partial charge is 0.353 e. The van der Waals surface area contributed by atoms with E-state index in [1.54, 1.807) is 6.92 Å². The third-order valence-electron chi connectivity index (χ3n) is 5.96. The highest BCUT2D eigenvalue weighted by Gasteiger charge is 2.60. The van der Waals surface area contributed by atoms with Crippen LogP contribution in [0, 0.1) is 17.2 Å². The van der Waals surface area contributed by atoms with Crippen molar-refractivity contribution in [2.45, 2.75) is 42.7 Å². The summed E-state index contributed by atoms with van der Waals surface area (Å²) in [5.41, 5.74) is 6.49. The lowest BCUT2D eigenvalue weighted by atomic mass is 9.79. The number of nitrogens with one attached hydrogen (secondary N) is 1. The number of hydrogen-bond acceptors (Lipinski definition) is 7. The Morgan fingerprint density at radius 1 is 1.52 bits per heavy atom. The van der Waals surface area contributed by atoms with Gasteiger partial charge in [0.25, 0.3) is 0 Å². The molecule has 0 saturated carbocycles. The number of aromatic nitrogens is 1. The number of carboxylic acid groups (broad SMARTS) is 1. The van der Waals surface area contributed by atoms with Crippen molar-refractivity contribution in [1.82, 2.24) is 14.8 Å². The fraction of sp³-hybridized carbons (Fsp3) is 0.556. The minimum absolute atomic E-state index is 0.00905. The van der Waals surface area contributed by atoms with E-state index in [1.165, 1.54) is 28.0 Å². The van der Waals surface area contributed by atoms with E-state index in [9.17, 15) is 19.8 Å². The number of aliphatic carboxylic acids is 1. The SMILES string of the molecule is C[C@@H](O)[C@H]1C(=O)N2C(C(=O)O)=C(Sc3nc(C4CCN(C(=N)N)C4)cs3)[C@H](C)[C@H]12. The molecule has 156 valence electrons. The maximum Gasteiger partial charge on any atom is 0.353 e. The molecule has 0 aromatic carbocycles. The molecule has 1 aromatic heterocycles. The average Bonchev–Trinajstić information content (AvgIpc) is 3.33. The largest absolute Gasteiger partial charge is 0.477 e. The van der Waals surface area contributed by atoms with E-state index in [2.05, 4.69) is 4.98 Å². The molecule has 29 heavy (non-hydrogen) atoms. The van der Waals surface area contributed by atoms with Crippen LogP contribution in [0.4, 0.5) is 0 Å². The van der Waals surface area contributed by atoms with Crippen LogP contribution in [0.5, 0.6) is 0 Å². The van der Waals surface area contributed by atoms with Crippen molar-refractivity contribution in [2.75, 3.05) is 13.1 Å². The molecule has 9 nitrogen and oxygen atoms in total.